The summed E-state index contributed by atoms with van der Waals surface area (Å²) >= 11 is 1.58. The average Bonchev–Trinajstić information content (AvgIpc) is 3.10. The fourth-order valence-electron chi connectivity index (χ4n) is 2.04. The first-order chi connectivity index (χ1) is 10.9. The predicted octanol–water partition coefficient (Wildman–Crippen LogP) is 3.06. The van der Waals surface area contributed by atoms with Gasteiger partial charge in [-0.15, -0.1) is 21.5 Å². The molecule has 2 aromatic heterocycles. The van der Waals surface area contributed by atoms with Crippen LogP contribution in [0.2, 0.25) is 0 Å². The number of hydrogen-bond acceptors (Lipinski definition) is 6. The van der Waals surface area contributed by atoms with Crippen LogP contribution in [0, 0.1) is 0 Å². The van der Waals surface area contributed by atoms with Gasteiger partial charge in [0.1, 0.15) is 5.69 Å². The Morgan fingerprint density at radius 1 is 1.05 bits per heavy atom. The minimum absolute atomic E-state index is 0.143. The number of aliphatic hydroxyl groups is 1. The summed E-state index contributed by atoms with van der Waals surface area (Å²) in [6, 6.07) is 13.8. The standard InChI is InChI=1S/C16H16N4OS/c21-10-5-9-17-16-14(12-6-2-1-3-7-12)19-20-15(18-16)13-8-4-11-22-13/h1-4,6-8,11,21H,5,9-10H2,(H,17,18,20). The van der Waals surface area contributed by atoms with E-state index in [-0.39, 0.29) is 6.61 Å². The normalized spacial score (nSPS) is 10.6. The molecule has 6 heteroatoms. The van der Waals surface area contributed by atoms with Gasteiger partial charge in [-0.05, 0) is 17.9 Å². The van der Waals surface area contributed by atoms with E-state index in [1.54, 1.807) is 11.3 Å². The van der Waals surface area contributed by atoms with Crippen LogP contribution in [-0.4, -0.2) is 33.4 Å². The number of hydrogen-bond donors (Lipinski definition) is 2. The topological polar surface area (TPSA) is 70.9 Å². The summed E-state index contributed by atoms with van der Waals surface area (Å²) in [4.78, 5) is 5.59. The fourth-order valence-corrected chi connectivity index (χ4v) is 2.69. The largest absolute Gasteiger partial charge is 0.396 e. The molecule has 0 bridgehead atoms. The second-order valence-corrected chi connectivity index (χ2v) is 5.63. The summed E-state index contributed by atoms with van der Waals surface area (Å²) in [6.45, 7) is 0.781. The third-order valence-electron chi connectivity index (χ3n) is 3.10. The molecule has 0 spiro atoms. The number of anilines is 1. The van der Waals surface area contributed by atoms with Crippen LogP contribution in [0.5, 0.6) is 0 Å². The Morgan fingerprint density at radius 3 is 2.64 bits per heavy atom. The Labute approximate surface area is 132 Å². The Hall–Kier alpha value is -2.31. The van der Waals surface area contributed by atoms with Gasteiger partial charge in [0.15, 0.2) is 11.6 Å². The van der Waals surface area contributed by atoms with Crippen molar-refractivity contribution in [3.8, 4) is 22.0 Å². The van der Waals surface area contributed by atoms with Gasteiger partial charge in [0, 0.05) is 18.7 Å². The van der Waals surface area contributed by atoms with E-state index in [9.17, 15) is 0 Å². The van der Waals surface area contributed by atoms with Crippen LogP contribution < -0.4 is 5.32 Å². The number of aliphatic hydroxyl groups excluding tert-OH is 1. The third-order valence-corrected chi connectivity index (χ3v) is 3.97. The molecule has 2 N–H and O–H groups in total. The van der Waals surface area contributed by atoms with Gasteiger partial charge < -0.3 is 10.4 Å². The second kappa shape index (κ2) is 7.11. The van der Waals surface area contributed by atoms with E-state index < -0.39 is 0 Å². The average molecular weight is 312 g/mol. The minimum Gasteiger partial charge on any atom is -0.396 e. The molecule has 3 aromatic rings. The Morgan fingerprint density at radius 2 is 1.91 bits per heavy atom. The van der Waals surface area contributed by atoms with Crippen LogP contribution in [0.25, 0.3) is 22.0 Å². The molecule has 22 heavy (non-hydrogen) atoms. The Bertz CT molecular complexity index is 716. The summed E-state index contributed by atoms with van der Waals surface area (Å²) in [5, 5.41) is 22.8. The minimum atomic E-state index is 0.143. The van der Waals surface area contributed by atoms with Crippen molar-refractivity contribution in [1.29, 1.82) is 0 Å². The van der Waals surface area contributed by atoms with E-state index >= 15 is 0 Å². The molecule has 0 atom stereocenters. The van der Waals surface area contributed by atoms with E-state index in [2.05, 4.69) is 20.5 Å². The van der Waals surface area contributed by atoms with E-state index in [1.165, 1.54) is 0 Å². The van der Waals surface area contributed by atoms with Crippen molar-refractivity contribution in [2.45, 2.75) is 6.42 Å². The maximum Gasteiger partial charge on any atom is 0.193 e. The van der Waals surface area contributed by atoms with Gasteiger partial charge in [0.05, 0.1) is 4.88 Å². The molecule has 0 fully saturated rings. The van der Waals surface area contributed by atoms with Gasteiger partial charge in [-0.2, -0.15) is 0 Å². The van der Waals surface area contributed by atoms with Crippen molar-refractivity contribution in [2.75, 3.05) is 18.5 Å². The van der Waals surface area contributed by atoms with Gasteiger partial charge in [-0.25, -0.2) is 4.98 Å². The molecular weight excluding hydrogens is 296 g/mol. The zero-order chi connectivity index (χ0) is 15.2. The Balaban J connectivity index is 1.98. The molecule has 0 aliphatic carbocycles. The highest BCUT2D eigenvalue weighted by Crippen LogP contribution is 2.27. The van der Waals surface area contributed by atoms with Crippen LogP contribution in [0.4, 0.5) is 5.82 Å². The lowest BCUT2D eigenvalue weighted by Gasteiger charge is -2.10. The van der Waals surface area contributed by atoms with Gasteiger partial charge in [-0.3, -0.25) is 0 Å². The summed E-state index contributed by atoms with van der Waals surface area (Å²) in [7, 11) is 0. The van der Waals surface area contributed by atoms with Gasteiger partial charge >= 0.3 is 0 Å². The quantitative estimate of drug-likeness (QED) is 0.685. The van der Waals surface area contributed by atoms with Crippen molar-refractivity contribution in [1.82, 2.24) is 15.2 Å². The molecule has 3 rings (SSSR count). The molecule has 0 aliphatic rings. The van der Waals surface area contributed by atoms with Crippen molar-refractivity contribution in [2.24, 2.45) is 0 Å². The number of aromatic nitrogens is 3. The van der Waals surface area contributed by atoms with E-state index in [4.69, 9.17) is 5.11 Å². The van der Waals surface area contributed by atoms with Crippen LogP contribution in [0.3, 0.4) is 0 Å². The van der Waals surface area contributed by atoms with Crippen molar-refractivity contribution >= 4 is 17.2 Å². The highest BCUT2D eigenvalue weighted by Gasteiger charge is 2.12. The molecule has 0 saturated heterocycles. The first-order valence-electron chi connectivity index (χ1n) is 7.07. The fraction of sp³-hybridized carbons (Fsp3) is 0.188. The molecule has 1 aromatic carbocycles. The lowest BCUT2D eigenvalue weighted by molar-refractivity contribution is 0.292. The molecule has 2 heterocycles. The second-order valence-electron chi connectivity index (χ2n) is 4.68. The first-order valence-corrected chi connectivity index (χ1v) is 7.95. The maximum absolute atomic E-state index is 8.95. The van der Waals surface area contributed by atoms with Crippen LogP contribution in [0.15, 0.2) is 47.8 Å². The lowest BCUT2D eigenvalue weighted by Crippen LogP contribution is -2.09. The molecule has 0 radical (unpaired) electrons. The third kappa shape index (κ3) is 3.29. The van der Waals surface area contributed by atoms with Crippen molar-refractivity contribution in [3.63, 3.8) is 0 Å². The molecule has 0 amide bonds. The highest BCUT2D eigenvalue weighted by atomic mass is 32.1. The predicted molar refractivity (Wildman–Crippen MR) is 88.8 cm³/mol. The lowest BCUT2D eigenvalue weighted by atomic mass is 10.1. The molecule has 5 nitrogen and oxygen atoms in total. The zero-order valence-corrected chi connectivity index (χ0v) is 12.8. The zero-order valence-electron chi connectivity index (χ0n) is 11.9. The molecule has 0 saturated carbocycles. The molecule has 0 unspecified atom stereocenters. The molecular formula is C16H16N4OS. The highest BCUT2D eigenvalue weighted by molar-refractivity contribution is 7.13. The summed E-state index contributed by atoms with van der Waals surface area (Å²) in [5.41, 5.74) is 1.69. The number of nitrogens with zero attached hydrogens (tertiary/aromatic N) is 3. The Kier molecular flexibility index (Phi) is 4.72. The van der Waals surface area contributed by atoms with E-state index in [0.717, 1.165) is 16.1 Å². The van der Waals surface area contributed by atoms with Gasteiger partial charge in [0.25, 0.3) is 0 Å². The maximum atomic E-state index is 8.95. The van der Waals surface area contributed by atoms with Crippen molar-refractivity contribution in [3.05, 3.63) is 47.8 Å². The smallest absolute Gasteiger partial charge is 0.193 e. The summed E-state index contributed by atoms with van der Waals surface area (Å²) in [6.07, 6.45) is 0.659. The first kappa shape index (κ1) is 14.6. The number of benzene rings is 1. The van der Waals surface area contributed by atoms with Crippen LogP contribution in [-0.2, 0) is 0 Å². The SMILES string of the molecule is OCCCNc1nc(-c2cccs2)nnc1-c1ccccc1. The van der Waals surface area contributed by atoms with E-state index in [1.807, 2.05) is 47.8 Å². The molecule has 0 aliphatic heterocycles. The summed E-state index contributed by atoms with van der Waals surface area (Å²) < 4.78 is 0. The number of thiophene rings is 1. The summed E-state index contributed by atoms with van der Waals surface area (Å²) in [5.74, 6) is 1.30. The van der Waals surface area contributed by atoms with E-state index in [0.29, 0.717) is 24.6 Å². The van der Waals surface area contributed by atoms with Gasteiger partial charge in [0.2, 0.25) is 0 Å². The van der Waals surface area contributed by atoms with Crippen LogP contribution in [0.1, 0.15) is 6.42 Å². The number of rotatable bonds is 6. The van der Waals surface area contributed by atoms with Crippen molar-refractivity contribution < 1.29 is 5.11 Å². The molecule has 112 valence electrons. The van der Waals surface area contributed by atoms with Gasteiger partial charge in [-0.1, -0.05) is 36.4 Å². The number of nitrogens with one attached hydrogen (secondary N) is 1. The van der Waals surface area contributed by atoms with Crippen LogP contribution >= 0.6 is 11.3 Å². The monoisotopic (exact) mass is 312 g/mol.